The predicted molar refractivity (Wildman–Crippen MR) is 69.1 cm³/mol. The van der Waals surface area contributed by atoms with Gasteiger partial charge < -0.3 is 5.32 Å². The van der Waals surface area contributed by atoms with Crippen molar-refractivity contribution in [2.24, 2.45) is 0 Å². The number of hydrogen-bond donors (Lipinski definition) is 1. The maximum absolute atomic E-state index is 11.6. The molecule has 0 aliphatic rings. The molecule has 0 aliphatic carbocycles. The van der Waals surface area contributed by atoms with Crippen LogP contribution in [0.25, 0.3) is 0 Å². The number of benzene rings is 1. The van der Waals surface area contributed by atoms with E-state index < -0.39 is 0 Å². The van der Waals surface area contributed by atoms with Gasteiger partial charge in [-0.05, 0) is 31.5 Å². The van der Waals surface area contributed by atoms with Crippen LogP contribution in [0.15, 0.2) is 29.8 Å². The molecule has 1 rings (SSSR count). The van der Waals surface area contributed by atoms with Crippen LogP contribution in [0.5, 0.6) is 0 Å². The molecular formula is C12H13Cl2NO. The first kappa shape index (κ1) is 13.1. The van der Waals surface area contributed by atoms with E-state index in [-0.39, 0.29) is 5.91 Å². The molecule has 0 aliphatic heterocycles. The molecule has 0 heterocycles. The van der Waals surface area contributed by atoms with Gasteiger partial charge in [-0.3, -0.25) is 4.79 Å². The molecule has 0 bridgehead atoms. The third-order valence-electron chi connectivity index (χ3n) is 2.05. The summed E-state index contributed by atoms with van der Waals surface area (Å²) < 4.78 is 0. The Morgan fingerprint density at radius 2 is 2.06 bits per heavy atom. The number of anilines is 1. The maximum atomic E-state index is 11.6. The van der Waals surface area contributed by atoms with Crippen LogP contribution < -0.4 is 5.32 Å². The van der Waals surface area contributed by atoms with Crippen molar-refractivity contribution >= 4 is 34.8 Å². The molecule has 2 nitrogen and oxygen atoms in total. The zero-order valence-corrected chi connectivity index (χ0v) is 10.7. The Morgan fingerprint density at radius 1 is 1.38 bits per heavy atom. The van der Waals surface area contributed by atoms with Crippen LogP contribution in [0.1, 0.15) is 20.3 Å². The highest BCUT2D eigenvalue weighted by atomic mass is 35.5. The summed E-state index contributed by atoms with van der Waals surface area (Å²) in [6.45, 7) is 3.76. The van der Waals surface area contributed by atoms with Crippen molar-refractivity contribution in [2.75, 3.05) is 5.32 Å². The fraction of sp³-hybridized carbons (Fsp3) is 0.250. The minimum atomic E-state index is -0.125. The molecule has 0 saturated heterocycles. The second-order valence-corrected chi connectivity index (χ2v) is 4.19. The van der Waals surface area contributed by atoms with Gasteiger partial charge in [-0.2, -0.15) is 0 Å². The number of amides is 1. The van der Waals surface area contributed by atoms with Gasteiger partial charge in [-0.1, -0.05) is 36.2 Å². The number of allylic oxidation sites excluding steroid dienone is 1. The summed E-state index contributed by atoms with van der Waals surface area (Å²) in [5.41, 5.74) is 1.33. The first-order valence-corrected chi connectivity index (χ1v) is 5.73. The lowest BCUT2D eigenvalue weighted by molar-refractivity contribution is -0.112. The van der Waals surface area contributed by atoms with E-state index in [4.69, 9.17) is 23.2 Å². The van der Waals surface area contributed by atoms with Gasteiger partial charge in [0.15, 0.2) is 0 Å². The Balaban J connectivity index is 2.77. The number of nitrogens with one attached hydrogen (secondary N) is 1. The largest absolute Gasteiger partial charge is 0.322 e. The molecule has 0 atom stereocenters. The minimum absolute atomic E-state index is 0.125. The van der Waals surface area contributed by atoms with Crippen LogP contribution in [0.2, 0.25) is 10.0 Å². The smallest absolute Gasteiger partial charge is 0.250 e. The molecule has 16 heavy (non-hydrogen) atoms. The van der Waals surface area contributed by atoms with Gasteiger partial charge in [0.2, 0.25) is 0 Å². The molecule has 1 N–H and O–H groups in total. The van der Waals surface area contributed by atoms with Crippen molar-refractivity contribution in [1.29, 1.82) is 0 Å². The normalized spacial score (nSPS) is 11.4. The highest BCUT2D eigenvalue weighted by Gasteiger charge is 2.05. The van der Waals surface area contributed by atoms with Crippen LogP contribution in [0, 0.1) is 0 Å². The number of carbonyl (C=O) groups is 1. The second kappa shape index (κ2) is 5.92. The van der Waals surface area contributed by atoms with E-state index in [9.17, 15) is 4.79 Å². The van der Waals surface area contributed by atoms with E-state index in [1.165, 1.54) is 0 Å². The van der Waals surface area contributed by atoms with Crippen LogP contribution in [0.4, 0.5) is 5.69 Å². The van der Waals surface area contributed by atoms with Gasteiger partial charge in [0.25, 0.3) is 5.91 Å². The third kappa shape index (κ3) is 3.54. The van der Waals surface area contributed by atoms with Gasteiger partial charge in [0, 0.05) is 11.3 Å². The highest BCUT2D eigenvalue weighted by molar-refractivity contribution is 6.42. The molecule has 0 saturated carbocycles. The average molecular weight is 258 g/mol. The van der Waals surface area contributed by atoms with E-state index in [0.717, 1.165) is 6.42 Å². The van der Waals surface area contributed by atoms with E-state index in [2.05, 4.69) is 5.32 Å². The first-order valence-electron chi connectivity index (χ1n) is 4.97. The Hall–Kier alpha value is -0.990. The summed E-state index contributed by atoms with van der Waals surface area (Å²) in [6, 6.07) is 4.99. The fourth-order valence-corrected chi connectivity index (χ4v) is 1.50. The lowest BCUT2D eigenvalue weighted by Crippen LogP contribution is -2.12. The zero-order valence-electron chi connectivity index (χ0n) is 9.18. The highest BCUT2D eigenvalue weighted by Crippen LogP contribution is 2.25. The Labute approximate surface area is 105 Å². The molecule has 4 heteroatoms. The SMILES string of the molecule is CC/C=C(\C)C(=O)Nc1ccc(Cl)c(Cl)c1. The van der Waals surface area contributed by atoms with Gasteiger partial charge in [-0.25, -0.2) is 0 Å². The quantitative estimate of drug-likeness (QED) is 0.805. The average Bonchev–Trinajstić information content (AvgIpc) is 2.24. The van der Waals surface area contributed by atoms with E-state index in [0.29, 0.717) is 21.3 Å². The van der Waals surface area contributed by atoms with Crippen LogP contribution in [-0.4, -0.2) is 5.91 Å². The lowest BCUT2D eigenvalue weighted by Gasteiger charge is -2.06. The summed E-state index contributed by atoms with van der Waals surface area (Å²) in [5.74, 6) is -0.125. The summed E-state index contributed by atoms with van der Waals surface area (Å²) in [5, 5.41) is 3.64. The molecule has 0 radical (unpaired) electrons. The van der Waals surface area contributed by atoms with Crippen LogP contribution in [-0.2, 0) is 4.79 Å². The molecule has 0 aromatic heterocycles. The molecule has 1 amide bonds. The molecule has 0 unspecified atom stereocenters. The van der Waals surface area contributed by atoms with E-state index in [1.54, 1.807) is 25.1 Å². The summed E-state index contributed by atoms with van der Waals surface area (Å²) in [4.78, 5) is 11.6. The monoisotopic (exact) mass is 257 g/mol. The second-order valence-electron chi connectivity index (χ2n) is 3.38. The summed E-state index contributed by atoms with van der Waals surface area (Å²) in [7, 11) is 0. The minimum Gasteiger partial charge on any atom is -0.322 e. The van der Waals surface area contributed by atoms with Gasteiger partial charge >= 0.3 is 0 Å². The van der Waals surface area contributed by atoms with Crippen molar-refractivity contribution in [2.45, 2.75) is 20.3 Å². The van der Waals surface area contributed by atoms with Crippen LogP contribution in [0.3, 0.4) is 0 Å². The van der Waals surface area contributed by atoms with Gasteiger partial charge in [-0.15, -0.1) is 0 Å². The first-order chi connectivity index (χ1) is 7.54. The van der Waals surface area contributed by atoms with Crippen molar-refractivity contribution < 1.29 is 4.79 Å². The summed E-state index contributed by atoms with van der Waals surface area (Å²) >= 11 is 11.6. The number of halogens is 2. The molecular weight excluding hydrogens is 245 g/mol. The van der Waals surface area contributed by atoms with E-state index >= 15 is 0 Å². The molecule has 1 aromatic carbocycles. The fourth-order valence-electron chi connectivity index (χ4n) is 1.20. The maximum Gasteiger partial charge on any atom is 0.250 e. The van der Waals surface area contributed by atoms with Gasteiger partial charge in [0.05, 0.1) is 10.0 Å². The Morgan fingerprint density at radius 3 is 2.62 bits per heavy atom. The number of hydrogen-bond acceptors (Lipinski definition) is 1. The Bertz CT molecular complexity index is 427. The van der Waals surface area contributed by atoms with Crippen molar-refractivity contribution in [3.8, 4) is 0 Å². The predicted octanol–water partition coefficient (Wildman–Crippen LogP) is 4.29. The number of carbonyl (C=O) groups excluding carboxylic acids is 1. The zero-order chi connectivity index (χ0) is 12.1. The lowest BCUT2D eigenvalue weighted by atomic mass is 10.2. The molecule has 86 valence electrons. The molecule has 1 aromatic rings. The Kier molecular flexibility index (Phi) is 4.84. The topological polar surface area (TPSA) is 29.1 Å². The third-order valence-corrected chi connectivity index (χ3v) is 2.78. The van der Waals surface area contributed by atoms with E-state index in [1.807, 2.05) is 13.0 Å². The molecule has 0 fully saturated rings. The summed E-state index contributed by atoms with van der Waals surface area (Å²) in [6.07, 6.45) is 2.70. The van der Waals surface area contributed by atoms with Gasteiger partial charge in [0.1, 0.15) is 0 Å². The van der Waals surface area contributed by atoms with Crippen molar-refractivity contribution in [3.05, 3.63) is 39.9 Å². The standard InChI is InChI=1S/C12H13Cl2NO/c1-3-4-8(2)12(16)15-9-5-6-10(13)11(14)7-9/h4-7H,3H2,1-2H3,(H,15,16)/b8-4+. The van der Waals surface area contributed by atoms with Crippen molar-refractivity contribution in [3.63, 3.8) is 0 Å². The van der Waals surface area contributed by atoms with Crippen LogP contribution >= 0.6 is 23.2 Å². The van der Waals surface area contributed by atoms with Crippen molar-refractivity contribution in [1.82, 2.24) is 0 Å². The number of rotatable bonds is 3. The molecule has 0 spiro atoms.